The summed E-state index contributed by atoms with van der Waals surface area (Å²) in [6, 6.07) is 11.1. The minimum absolute atomic E-state index is 0.116. The number of ether oxygens (including phenoxy) is 3. The van der Waals surface area contributed by atoms with Gasteiger partial charge in [0.05, 0.1) is 32.8 Å². The molecule has 0 aliphatic rings. The number of para-hydroxylation sites is 1. The molecule has 156 valence electrons. The minimum atomic E-state index is -0.360. The van der Waals surface area contributed by atoms with Crippen LogP contribution < -0.4 is 20.1 Å². The molecule has 2 aromatic carbocycles. The second-order valence-electron chi connectivity index (χ2n) is 6.20. The van der Waals surface area contributed by atoms with Crippen LogP contribution in [0.3, 0.4) is 0 Å². The third kappa shape index (κ3) is 4.93. The van der Waals surface area contributed by atoms with Crippen LogP contribution in [0.1, 0.15) is 12.0 Å². The van der Waals surface area contributed by atoms with Gasteiger partial charge in [-0.1, -0.05) is 18.2 Å². The van der Waals surface area contributed by atoms with E-state index in [-0.39, 0.29) is 19.0 Å². The normalized spacial score (nSPS) is 10.3. The maximum absolute atomic E-state index is 11.3. The minimum Gasteiger partial charge on any atom is -0.493 e. The predicted molar refractivity (Wildman–Crippen MR) is 111 cm³/mol. The number of anilines is 2. The van der Waals surface area contributed by atoms with E-state index in [1.54, 1.807) is 12.1 Å². The van der Waals surface area contributed by atoms with Gasteiger partial charge >= 0.3 is 5.97 Å². The lowest BCUT2D eigenvalue weighted by Gasteiger charge is -2.15. The molecule has 0 aliphatic carbocycles. The first kappa shape index (κ1) is 20.8. The first-order valence-corrected chi connectivity index (χ1v) is 9.20. The van der Waals surface area contributed by atoms with Crippen LogP contribution in [-0.2, 0) is 20.9 Å². The van der Waals surface area contributed by atoms with Crippen LogP contribution in [0, 0.1) is 0 Å². The van der Waals surface area contributed by atoms with Gasteiger partial charge in [-0.3, -0.25) is 9.59 Å². The fourth-order valence-electron chi connectivity index (χ4n) is 2.86. The van der Waals surface area contributed by atoms with Crippen LogP contribution in [0.25, 0.3) is 10.9 Å². The summed E-state index contributed by atoms with van der Waals surface area (Å²) in [5.41, 5.74) is 2.36. The molecule has 0 atom stereocenters. The van der Waals surface area contributed by atoms with Gasteiger partial charge in [-0.15, -0.1) is 0 Å². The van der Waals surface area contributed by atoms with Gasteiger partial charge < -0.3 is 24.8 Å². The van der Waals surface area contributed by atoms with E-state index >= 15 is 0 Å². The quantitative estimate of drug-likeness (QED) is 0.387. The van der Waals surface area contributed by atoms with Crippen LogP contribution in [0.4, 0.5) is 11.5 Å². The number of esters is 1. The summed E-state index contributed by atoms with van der Waals surface area (Å²) in [5.74, 6) is 1.16. The van der Waals surface area contributed by atoms with Crippen molar-refractivity contribution in [2.75, 3.05) is 26.1 Å². The van der Waals surface area contributed by atoms with E-state index in [0.29, 0.717) is 41.2 Å². The van der Waals surface area contributed by atoms with Crippen LogP contribution >= 0.6 is 0 Å². The Bertz CT molecular complexity index is 1040. The lowest BCUT2D eigenvalue weighted by Crippen LogP contribution is -2.11. The highest BCUT2D eigenvalue weighted by Crippen LogP contribution is 2.35. The molecule has 0 saturated carbocycles. The molecular formula is C21H22N4O5. The molecule has 9 nitrogen and oxygen atoms in total. The molecule has 0 radical (unpaired) electrons. The number of hydrogen-bond donors (Lipinski definition) is 2. The molecule has 3 rings (SSSR count). The van der Waals surface area contributed by atoms with Gasteiger partial charge in [-0.2, -0.15) is 0 Å². The number of nitrogens with one attached hydrogen (secondary N) is 2. The van der Waals surface area contributed by atoms with Crippen molar-refractivity contribution in [2.24, 2.45) is 0 Å². The number of rotatable bonds is 10. The van der Waals surface area contributed by atoms with Gasteiger partial charge in [-0.05, 0) is 17.7 Å². The monoisotopic (exact) mass is 410 g/mol. The lowest BCUT2D eigenvalue weighted by atomic mass is 10.1. The third-order valence-corrected chi connectivity index (χ3v) is 4.36. The van der Waals surface area contributed by atoms with Crippen molar-refractivity contribution in [1.29, 1.82) is 0 Å². The molecule has 0 fully saturated rings. The number of amides is 1. The number of carbonyl (C=O) groups is 2. The second kappa shape index (κ2) is 10.1. The highest BCUT2D eigenvalue weighted by Gasteiger charge is 2.13. The van der Waals surface area contributed by atoms with Crippen molar-refractivity contribution in [2.45, 2.75) is 13.0 Å². The van der Waals surface area contributed by atoms with Crippen molar-refractivity contribution >= 4 is 34.8 Å². The first-order valence-electron chi connectivity index (χ1n) is 9.20. The zero-order valence-electron chi connectivity index (χ0n) is 16.7. The Kier molecular flexibility index (Phi) is 6.99. The van der Waals surface area contributed by atoms with E-state index in [1.807, 2.05) is 24.3 Å². The molecule has 1 aromatic heterocycles. The number of aromatic nitrogens is 2. The zero-order chi connectivity index (χ0) is 21.3. The van der Waals surface area contributed by atoms with E-state index in [2.05, 4.69) is 25.3 Å². The number of methoxy groups -OCH3 is 2. The number of fused-ring (bicyclic) bond motifs is 1. The molecule has 0 bridgehead atoms. The highest BCUT2D eigenvalue weighted by molar-refractivity contribution is 5.93. The summed E-state index contributed by atoms with van der Waals surface area (Å²) in [6.45, 7) is 0.524. The van der Waals surface area contributed by atoms with E-state index in [0.717, 1.165) is 11.3 Å². The van der Waals surface area contributed by atoms with Gasteiger partial charge in [0.25, 0.3) is 0 Å². The van der Waals surface area contributed by atoms with Crippen molar-refractivity contribution < 1.29 is 23.8 Å². The zero-order valence-corrected chi connectivity index (χ0v) is 16.7. The van der Waals surface area contributed by atoms with Crippen molar-refractivity contribution in [3.63, 3.8) is 0 Å². The Morgan fingerprint density at radius 3 is 2.73 bits per heavy atom. The van der Waals surface area contributed by atoms with Crippen LogP contribution in [0.5, 0.6) is 11.5 Å². The summed E-state index contributed by atoms with van der Waals surface area (Å²) < 4.78 is 15.8. The molecule has 0 saturated heterocycles. The SMILES string of the molecule is COC(=O)CCOc1cc2c(Nc3ccccc3CNC=O)ncnc2cc1OC. The Labute approximate surface area is 173 Å². The maximum atomic E-state index is 11.3. The van der Waals surface area contributed by atoms with Gasteiger partial charge in [0, 0.05) is 23.7 Å². The molecule has 3 aromatic rings. The molecule has 1 heterocycles. The van der Waals surface area contributed by atoms with Gasteiger partial charge in [0.1, 0.15) is 12.1 Å². The molecule has 0 aliphatic heterocycles. The number of hydrogen-bond acceptors (Lipinski definition) is 8. The molecule has 9 heteroatoms. The van der Waals surface area contributed by atoms with Crippen LogP contribution in [0.2, 0.25) is 0 Å². The highest BCUT2D eigenvalue weighted by atomic mass is 16.5. The summed E-state index contributed by atoms with van der Waals surface area (Å²) in [7, 11) is 2.86. The van der Waals surface area contributed by atoms with Crippen LogP contribution in [0.15, 0.2) is 42.7 Å². The number of benzene rings is 2. The Balaban J connectivity index is 1.93. The third-order valence-electron chi connectivity index (χ3n) is 4.36. The Morgan fingerprint density at radius 2 is 1.97 bits per heavy atom. The van der Waals surface area contributed by atoms with Crippen molar-refractivity contribution in [3.05, 3.63) is 48.3 Å². The first-order chi connectivity index (χ1) is 14.7. The summed E-state index contributed by atoms with van der Waals surface area (Å²) >= 11 is 0. The molecule has 0 unspecified atom stereocenters. The van der Waals surface area contributed by atoms with E-state index in [1.165, 1.54) is 20.5 Å². The summed E-state index contributed by atoms with van der Waals surface area (Å²) in [5, 5.41) is 6.67. The summed E-state index contributed by atoms with van der Waals surface area (Å²) in [4.78, 5) is 30.7. The average molecular weight is 410 g/mol. The van der Waals surface area contributed by atoms with Crippen LogP contribution in [-0.4, -0.2) is 43.2 Å². The average Bonchev–Trinajstić information content (AvgIpc) is 2.78. The molecule has 30 heavy (non-hydrogen) atoms. The standard InChI is InChI=1S/C21H22N4O5/c1-28-18-10-17-15(9-19(18)30-8-7-20(27)29-2)21(24-12-23-17)25-16-6-4-3-5-14(16)11-22-13-26/h3-6,9-10,12-13H,7-8,11H2,1-2H3,(H,22,26)(H,23,24,25). The van der Waals surface area contributed by atoms with Gasteiger partial charge in [-0.25, -0.2) is 9.97 Å². The Hall–Kier alpha value is -3.88. The number of carbonyl (C=O) groups excluding carboxylic acids is 2. The van der Waals surface area contributed by atoms with E-state index in [9.17, 15) is 9.59 Å². The van der Waals surface area contributed by atoms with Crippen molar-refractivity contribution in [3.8, 4) is 11.5 Å². The smallest absolute Gasteiger partial charge is 0.308 e. The fraction of sp³-hybridized carbons (Fsp3) is 0.238. The van der Waals surface area contributed by atoms with E-state index < -0.39 is 0 Å². The topological polar surface area (TPSA) is 112 Å². The fourth-order valence-corrected chi connectivity index (χ4v) is 2.86. The second-order valence-corrected chi connectivity index (χ2v) is 6.20. The molecule has 1 amide bonds. The van der Waals surface area contributed by atoms with Gasteiger partial charge in [0.2, 0.25) is 6.41 Å². The lowest BCUT2D eigenvalue weighted by molar-refractivity contribution is -0.141. The van der Waals surface area contributed by atoms with Crippen molar-refractivity contribution in [1.82, 2.24) is 15.3 Å². The van der Waals surface area contributed by atoms with Gasteiger partial charge in [0.15, 0.2) is 11.5 Å². The molecule has 2 N–H and O–H groups in total. The Morgan fingerprint density at radius 1 is 1.13 bits per heavy atom. The summed E-state index contributed by atoms with van der Waals surface area (Å²) in [6.07, 6.45) is 2.22. The molecular weight excluding hydrogens is 388 g/mol. The molecule has 0 spiro atoms. The van der Waals surface area contributed by atoms with E-state index in [4.69, 9.17) is 9.47 Å². The number of nitrogens with zero attached hydrogens (tertiary/aromatic N) is 2. The maximum Gasteiger partial charge on any atom is 0.308 e. The largest absolute Gasteiger partial charge is 0.493 e. The predicted octanol–water partition coefficient (Wildman–Crippen LogP) is 2.57.